The first-order valence-corrected chi connectivity index (χ1v) is 6.52. The molecule has 0 amide bonds. The number of ketones is 1. The van der Waals surface area contributed by atoms with Gasteiger partial charge in [0.15, 0.2) is 5.78 Å². The second-order valence-corrected chi connectivity index (χ2v) is 5.40. The van der Waals surface area contributed by atoms with Gasteiger partial charge >= 0.3 is 0 Å². The van der Waals surface area contributed by atoms with Crippen LogP contribution >= 0.6 is 31.9 Å². The Morgan fingerprint density at radius 1 is 1.00 bits per heavy atom. The predicted octanol–water partition coefficient (Wildman–Crippen LogP) is 4.02. The van der Waals surface area contributed by atoms with E-state index >= 15 is 0 Å². The van der Waals surface area contributed by atoms with Gasteiger partial charge in [0.25, 0.3) is 0 Å². The Morgan fingerprint density at radius 2 is 1.71 bits per heavy atom. The normalized spacial score (nSPS) is 10.2. The Labute approximate surface area is 116 Å². The molecule has 0 atom stereocenters. The highest BCUT2D eigenvalue weighted by Gasteiger charge is 2.12. The van der Waals surface area contributed by atoms with E-state index in [-0.39, 0.29) is 5.78 Å². The van der Waals surface area contributed by atoms with Gasteiger partial charge in [-0.2, -0.15) is 0 Å². The molecule has 0 heterocycles. The number of anilines is 1. The third-order valence-corrected chi connectivity index (χ3v) is 3.33. The van der Waals surface area contributed by atoms with Gasteiger partial charge < -0.3 is 5.73 Å². The zero-order valence-corrected chi connectivity index (χ0v) is 12.0. The summed E-state index contributed by atoms with van der Waals surface area (Å²) in [7, 11) is 0. The van der Waals surface area contributed by atoms with Crippen LogP contribution in [0.25, 0.3) is 0 Å². The Morgan fingerprint density at radius 3 is 2.41 bits per heavy atom. The van der Waals surface area contributed by atoms with Gasteiger partial charge in [0.2, 0.25) is 0 Å². The van der Waals surface area contributed by atoms with Crippen LogP contribution in [0.15, 0.2) is 51.4 Å². The van der Waals surface area contributed by atoms with Crippen molar-refractivity contribution in [3.05, 3.63) is 62.5 Å². The molecule has 2 nitrogen and oxygen atoms in total. The predicted molar refractivity (Wildman–Crippen MR) is 76.1 cm³/mol. The summed E-state index contributed by atoms with van der Waals surface area (Å²) >= 11 is 6.68. The second-order valence-electron chi connectivity index (χ2n) is 3.57. The number of hydrogen-bond acceptors (Lipinski definition) is 2. The topological polar surface area (TPSA) is 43.1 Å². The lowest BCUT2D eigenvalue weighted by molar-refractivity contribution is 0.103. The highest BCUT2D eigenvalue weighted by molar-refractivity contribution is 9.10. The van der Waals surface area contributed by atoms with E-state index in [1.165, 1.54) is 0 Å². The van der Waals surface area contributed by atoms with Crippen molar-refractivity contribution < 1.29 is 4.79 Å². The molecule has 0 radical (unpaired) electrons. The van der Waals surface area contributed by atoms with Crippen LogP contribution in [0, 0.1) is 0 Å². The summed E-state index contributed by atoms with van der Waals surface area (Å²) in [6.45, 7) is 0. The van der Waals surface area contributed by atoms with E-state index in [9.17, 15) is 4.79 Å². The van der Waals surface area contributed by atoms with Crippen molar-refractivity contribution in [3.63, 3.8) is 0 Å². The van der Waals surface area contributed by atoms with E-state index in [0.29, 0.717) is 16.8 Å². The maximum atomic E-state index is 12.2. The summed E-state index contributed by atoms with van der Waals surface area (Å²) in [5.74, 6) is -0.0786. The fraction of sp³-hybridized carbons (Fsp3) is 0. The Hall–Kier alpha value is -1.13. The first kappa shape index (κ1) is 12.3. The number of carbonyl (C=O) groups is 1. The molecular formula is C13H9Br2NO. The molecule has 4 heteroatoms. The van der Waals surface area contributed by atoms with Crippen molar-refractivity contribution in [3.8, 4) is 0 Å². The first-order chi connectivity index (χ1) is 8.08. The van der Waals surface area contributed by atoms with E-state index in [1.807, 2.05) is 18.2 Å². The van der Waals surface area contributed by atoms with E-state index in [0.717, 1.165) is 8.95 Å². The third-order valence-electron chi connectivity index (χ3n) is 2.35. The van der Waals surface area contributed by atoms with Gasteiger partial charge in [-0.1, -0.05) is 44.0 Å². The molecule has 0 saturated carbocycles. The zero-order chi connectivity index (χ0) is 12.4. The quantitative estimate of drug-likeness (QED) is 0.653. The molecule has 0 spiro atoms. The second kappa shape index (κ2) is 5.02. The van der Waals surface area contributed by atoms with Crippen molar-refractivity contribution in [2.45, 2.75) is 0 Å². The number of nitrogen functional groups attached to an aromatic ring is 1. The third kappa shape index (κ3) is 2.76. The maximum Gasteiger partial charge on any atom is 0.195 e. The summed E-state index contributed by atoms with van der Waals surface area (Å²) < 4.78 is 1.71. The molecular weight excluding hydrogens is 346 g/mol. The molecule has 0 aromatic heterocycles. The number of halogens is 2. The molecule has 2 N–H and O–H groups in total. The van der Waals surface area contributed by atoms with Gasteiger partial charge in [0.1, 0.15) is 0 Å². The standard InChI is InChI=1S/C13H9Br2NO/c14-9-3-1-2-8(6-9)13(17)11-7-10(15)4-5-12(11)16/h1-7H,16H2. The summed E-state index contributed by atoms with van der Waals surface area (Å²) in [5, 5.41) is 0. The summed E-state index contributed by atoms with van der Waals surface area (Å²) in [6, 6.07) is 12.5. The largest absolute Gasteiger partial charge is 0.398 e. The van der Waals surface area contributed by atoms with Crippen LogP contribution in [0.5, 0.6) is 0 Å². The minimum absolute atomic E-state index is 0.0786. The highest BCUT2D eigenvalue weighted by Crippen LogP contribution is 2.22. The van der Waals surface area contributed by atoms with Crippen LogP contribution in [0.2, 0.25) is 0 Å². The number of rotatable bonds is 2. The molecule has 17 heavy (non-hydrogen) atoms. The fourth-order valence-electron chi connectivity index (χ4n) is 1.51. The van der Waals surface area contributed by atoms with Crippen LogP contribution in [0.4, 0.5) is 5.69 Å². The minimum Gasteiger partial charge on any atom is -0.398 e. The molecule has 0 fully saturated rings. The summed E-state index contributed by atoms with van der Waals surface area (Å²) in [6.07, 6.45) is 0. The van der Waals surface area contributed by atoms with Gasteiger partial charge in [-0.3, -0.25) is 4.79 Å². The fourth-order valence-corrected chi connectivity index (χ4v) is 2.27. The number of benzene rings is 2. The number of nitrogens with two attached hydrogens (primary N) is 1. The van der Waals surface area contributed by atoms with E-state index in [1.54, 1.807) is 24.3 Å². The number of carbonyl (C=O) groups excluding carboxylic acids is 1. The van der Waals surface area contributed by atoms with Gasteiger partial charge in [-0.25, -0.2) is 0 Å². The Bertz CT molecular complexity index is 581. The van der Waals surface area contributed by atoms with Crippen LogP contribution in [-0.4, -0.2) is 5.78 Å². The van der Waals surface area contributed by atoms with Crippen molar-refractivity contribution in [2.24, 2.45) is 0 Å². The first-order valence-electron chi connectivity index (χ1n) is 4.93. The van der Waals surface area contributed by atoms with Crippen molar-refractivity contribution in [1.82, 2.24) is 0 Å². The van der Waals surface area contributed by atoms with Gasteiger partial charge in [-0.05, 0) is 30.3 Å². The molecule has 0 aliphatic heterocycles. The lowest BCUT2D eigenvalue weighted by Gasteiger charge is -2.05. The molecule has 86 valence electrons. The highest BCUT2D eigenvalue weighted by atomic mass is 79.9. The smallest absolute Gasteiger partial charge is 0.195 e. The average Bonchev–Trinajstić information content (AvgIpc) is 2.31. The minimum atomic E-state index is -0.0786. The maximum absolute atomic E-state index is 12.2. The SMILES string of the molecule is Nc1ccc(Br)cc1C(=O)c1cccc(Br)c1. The molecule has 0 unspecified atom stereocenters. The monoisotopic (exact) mass is 353 g/mol. The van der Waals surface area contributed by atoms with Crippen LogP contribution in [0.1, 0.15) is 15.9 Å². The summed E-state index contributed by atoms with van der Waals surface area (Å²) in [5.41, 5.74) is 7.42. The van der Waals surface area contributed by atoms with E-state index in [4.69, 9.17) is 5.73 Å². The Kier molecular flexibility index (Phi) is 3.64. The molecule has 0 bridgehead atoms. The van der Waals surface area contributed by atoms with Crippen LogP contribution in [-0.2, 0) is 0 Å². The molecule has 0 aliphatic carbocycles. The zero-order valence-electron chi connectivity index (χ0n) is 8.78. The number of hydrogen-bond donors (Lipinski definition) is 1. The van der Waals surface area contributed by atoms with Gasteiger partial charge in [0.05, 0.1) is 0 Å². The van der Waals surface area contributed by atoms with Gasteiger partial charge in [-0.15, -0.1) is 0 Å². The van der Waals surface area contributed by atoms with Gasteiger partial charge in [0, 0.05) is 25.8 Å². The molecule has 2 rings (SSSR count). The summed E-state index contributed by atoms with van der Waals surface area (Å²) in [4.78, 5) is 12.2. The van der Waals surface area contributed by atoms with E-state index in [2.05, 4.69) is 31.9 Å². The van der Waals surface area contributed by atoms with Crippen LogP contribution < -0.4 is 5.73 Å². The lowest BCUT2D eigenvalue weighted by atomic mass is 10.0. The molecule has 0 aliphatic rings. The molecule has 2 aromatic rings. The molecule has 2 aromatic carbocycles. The molecule has 0 saturated heterocycles. The van der Waals surface area contributed by atoms with Crippen molar-refractivity contribution >= 4 is 43.3 Å². The Balaban J connectivity index is 2.47. The van der Waals surface area contributed by atoms with Crippen molar-refractivity contribution in [1.29, 1.82) is 0 Å². The van der Waals surface area contributed by atoms with Crippen LogP contribution in [0.3, 0.4) is 0 Å². The lowest BCUT2D eigenvalue weighted by Crippen LogP contribution is -2.05. The van der Waals surface area contributed by atoms with E-state index < -0.39 is 0 Å². The average molecular weight is 355 g/mol. The van der Waals surface area contributed by atoms with Crippen molar-refractivity contribution in [2.75, 3.05) is 5.73 Å².